The van der Waals surface area contributed by atoms with E-state index in [4.69, 9.17) is 15.5 Å². The van der Waals surface area contributed by atoms with Crippen LogP contribution in [0.1, 0.15) is 82.3 Å². The Labute approximate surface area is 132 Å². The molecule has 1 aliphatic heterocycles. The van der Waals surface area contributed by atoms with Gasteiger partial charge in [-0.1, -0.05) is 13.3 Å². The maximum absolute atomic E-state index is 6.74. The molecule has 0 spiro atoms. The van der Waals surface area contributed by atoms with E-state index in [0.29, 0.717) is 0 Å². The fourth-order valence-corrected chi connectivity index (χ4v) is 5.31. The maximum Gasteiger partial charge on any atom is 0.113 e. The van der Waals surface area contributed by atoms with Crippen LogP contribution in [0.25, 0.3) is 0 Å². The van der Waals surface area contributed by atoms with Gasteiger partial charge in [0, 0.05) is 0 Å². The summed E-state index contributed by atoms with van der Waals surface area (Å²) >= 11 is 1.78. The molecular formula is C17H28N2OS. The normalized spacial score (nSPS) is 33.9. The summed E-state index contributed by atoms with van der Waals surface area (Å²) in [5, 5.41) is 1.13. The second-order valence-electron chi connectivity index (χ2n) is 7.83. The van der Waals surface area contributed by atoms with E-state index in [9.17, 15) is 0 Å². The number of nitrogens with two attached hydrogens (primary N) is 1. The van der Waals surface area contributed by atoms with E-state index in [0.717, 1.165) is 29.5 Å². The molecule has 1 aromatic heterocycles. The third-order valence-electron chi connectivity index (χ3n) is 5.26. The molecule has 21 heavy (non-hydrogen) atoms. The van der Waals surface area contributed by atoms with Crippen molar-refractivity contribution < 1.29 is 4.74 Å². The van der Waals surface area contributed by atoms with Crippen LogP contribution in [-0.4, -0.2) is 4.98 Å². The van der Waals surface area contributed by atoms with Gasteiger partial charge in [0.2, 0.25) is 0 Å². The van der Waals surface area contributed by atoms with Crippen LogP contribution >= 0.6 is 11.3 Å². The summed E-state index contributed by atoms with van der Waals surface area (Å²) in [5.74, 6) is 0.852. The fourth-order valence-electron chi connectivity index (χ4n) is 3.90. The van der Waals surface area contributed by atoms with Crippen molar-refractivity contribution in [2.45, 2.75) is 83.5 Å². The van der Waals surface area contributed by atoms with Gasteiger partial charge in [-0.2, -0.15) is 0 Å². The van der Waals surface area contributed by atoms with Crippen LogP contribution in [0.5, 0.6) is 0 Å². The van der Waals surface area contributed by atoms with E-state index in [1.165, 1.54) is 24.1 Å². The second-order valence-corrected chi connectivity index (χ2v) is 8.83. The SMILES string of the molecule is CCC1CCC(N)(c2nc3c(s2)C(C)(C)OC3(C)C)CC1. The number of hydrogen-bond acceptors (Lipinski definition) is 4. The molecular weight excluding hydrogens is 280 g/mol. The van der Waals surface area contributed by atoms with Crippen molar-refractivity contribution in [1.29, 1.82) is 0 Å². The van der Waals surface area contributed by atoms with Crippen molar-refractivity contribution in [2.24, 2.45) is 11.7 Å². The number of thiazole rings is 1. The molecule has 1 aromatic rings. The number of hydrogen-bond donors (Lipinski definition) is 1. The van der Waals surface area contributed by atoms with Gasteiger partial charge in [0.05, 0.1) is 21.7 Å². The van der Waals surface area contributed by atoms with Crippen molar-refractivity contribution >= 4 is 11.3 Å². The first-order chi connectivity index (χ1) is 9.68. The highest BCUT2D eigenvalue weighted by Crippen LogP contribution is 2.51. The highest BCUT2D eigenvalue weighted by atomic mass is 32.1. The number of ether oxygens (including phenoxy) is 1. The van der Waals surface area contributed by atoms with Gasteiger partial charge in [-0.15, -0.1) is 11.3 Å². The molecule has 0 bridgehead atoms. The minimum absolute atomic E-state index is 0.215. The molecule has 0 radical (unpaired) electrons. The first-order valence-electron chi connectivity index (χ1n) is 8.19. The van der Waals surface area contributed by atoms with E-state index in [2.05, 4.69) is 34.6 Å². The Morgan fingerprint density at radius 2 is 1.81 bits per heavy atom. The lowest BCUT2D eigenvalue weighted by Crippen LogP contribution is -2.40. The van der Waals surface area contributed by atoms with Crippen LogP contribution in [0.4, 0.5) is 0 Å². The van der Waals surface area contributed by atoms with E-state index >= 15 is 0 Å². The van der Waals surface area contributed by atoms with Crippen molar-refractivity contribution in [3.63, 3.8) is 0 Å². The summed E-state index contributed by atoms with van der Waals surface area (Å²) in [6, 6.07) is 0. The molecule has 1 fully saturated rings. The lowest BCUT2D eigenvalue weighted by molar-refractivity contribution is -0.105. The van der Waals surface area contributed by atoms with Crippen LogP contribution in [0.15, 0.2) is 0 Å². The van der Waals surface area contributed by atoms with Gasteiger partial charge in [0.25, 0.3) is 0 Å². The van der Waals surface area contributed by atoms with E-state index in [-0.39, 0.29) is 16.7 Å². The molecule has 1 aliphatic carbocycles. The minimum atomic E-state index is -0.301. The van der Waals surface area contributed by atoms with Gasteiger partial charge < -0.3 is 10.5 Å². The molecule has 2 aliphatic rings. The lowest BCUT2D eigenvalue weighted by atomic mass is 9.76. The van der Waals surface area contributed by atoms with Crippen molar-refractivity contribution in [2.75, 3.05) is 0 Å². The van der Waals surface area contributed by atoms with E-state index in [1.54, 1.807) is 11.3 Å². The molecule has 4 heteroatoms. The Bertz CT molecular complexity index is 507. The Hall–Kier alpha value is -0.450. The number of aromatic nitrogens is 1. The van der Waals surface area contributed by atoms with Crippen LogP contribution in [0, 0.1) is 5.92 Å². The Morgan fingerprint density at radius 1 is 1.19 bits per heavy atom. The van der Waals surface area contributed by atoms with Crippen LogP contribution < -0.4 is 5.73 Å². The monoisotopic (exact) mass is 308 g/mol. The van der Waals surface area contributed by atoms with Gasteiger partial charge in [-0.3, -0.25) is 0 Å². The summed E-state index contributed by atoms with van der Waals surface area (Å²) in [7, 11) is 0. The summed E-state index contributed by atoms with van der Waals surface area (Å²) in [6.07, 6.45) is 5.89. The topological polar surface area (TPSA) is 48.1 Å². The zero-order chi connectivity index (χ0) is 15.5. The van der Waals surface area contributed by atoms with Gasteiger partial charge in [0.15, 0.2) is 0 Å². The molecule has 3 rings (SSSR count). The molecule has 3 nitrogen and oxygen atoms in total. The highest BCUT2D eigenvalue weighted by molar-refractivity contribution is 7.12. The standard InChI is InChI=1S/C17H28N2OS/c1-6-11-7-9-17(18,10-8-11)14-19-12-13(21-14)16(4,5)20-15(12,2)3/h11H,6-10,18H2,1-5H3. The van der Waals surface area contributed by atoms with E-state index in [1.807, 2.05) is 0 Å². The molecule has 0 unspecified atom stereocenters. The summed E-state index contributed by atoms with van der Waals surface area (Å²) < 4.78 is 6.16. The summed E-state index contributed by atoms with van der Waals surface area (Å²) in [4.78, 5) is 6.22. The predicted octanol–water partition coefficient (Wildman–Crippen LogP) is 4.40. The van der Waals surface area contributed by atoms with E-state index < -0.39 is 0 Å². The van der Waals surface area contributed by atoms with Gasteiger partial charge in [-0.25, -0.2) is 4.98 Å². The molecule has 118 valence electrons. The lowest BCUT2D eigenvalue weighted by Gasteiger charge is -2.35. The van der Waals surface area contributed by atoms with Gasteiger partial charge in [0.1, 0.15) is 10.6 Å². The fraction of sp³-hybridized carbons (Fsp3) is 0.824. The molecule has 0 aromatic carbocycles. The zero-order valence-corrected chi connectivity index (χ0v) is 14.8. The molecule has 2 N–H and O–H groups in total. The first kappa shape index (κ1) is 15.4. The van der Waals surface area contributed by atoms with Gasteiger partial charge in [-0.05, 0) is 59.3 Å². The van der Waals surface area contributed by atoms with Crippen LogP contribution in [-0.2, 0) is 21.5 Å². The molecule has 0 saturated heterocycles. The summed E-state index contributed by atoms with van der Waals surface area (Å²) in [5.41, 5.74) is 7.09. The Balaban J connectivity index is 1.92. The van der Waals surface area contributed by atoms with Crippen LogP contribution in [0.3, 0.4) is 0 Å². The molecule has 2 heterocycles. The molecule has 0 atom stereocenters. The molecule has 0 amide bonds. The highest BCUT2D eigenvalue weighted by Gasteiger charge is 2.48. The van der Waals surface area contributed by atoms with Crippen molar-refractivity contribution in [1.82, 2.24) is 4.98 Å². The number of nitrogens with zero attached hydrogens (tertiary/aromatic N) is 1. The minimum Gasteiger partial charge on any atom is -0.358 e. The first-order valence-corrected chi connectivity index (χ1v) is 9.01. The maximum atomic E-state index is 6.74. The van der Waals surface area contributed by atoms with Crippen molar-refractivity contribution in [3.05, 3.63) is 15.6 Å². The Kier molecular flexibility index (Phi) is 3.51. The molecule has 1 saturated carbocycles. The second kappa shape index (κ2) is 4.77. The quantitative estimate of drug-likeness (QED) is 0.881. The largest absolute Gasteiger partial charge is 0.358 e. The smallest absolute Gasteiger partial charge is 0.113 e. The number of rotatable bonds is 2. The van der Waals surface area contributed by atoms with Gasteiger partial charge >= 0.3 is 0 Å². The summed E-state index contributed by atoms with van der Waals surface area (Å²) in [6.45, 7) is 10.8. The van der Waals surface area contributed by atoms with Crippen LogP contribution in [0.2, 0.25) is 0 Å². The third kappa shape index (κ3) is 2.45. The Morgan fingerprint density at radius 3 is 2.33 bits per heavy atom. The zero-order valence-electron chi connectivity index (χ0n) is 14.0. The average Bonchev–Trinajstić information content (AvgIpc) is 2.91. The average molecular weight is 308 g/mol. The predicted molar refractivity (Wildman–Crippen MR) is 87.4 cm³/mol. The number of fused-ring (bicyclic) bond motifs is 1. The third-order valence-corrected chi connectivity index (χ3v) is 6.84. The van der Waals surface area contributed by atoms with Crippen molar-refractivity contribution in [3.8, 4) is 0 Å².